The molecule has 5 rings (SSSR count). The van der Waals surface area contributed by atoms with Crippen molar-refractivity contribution in [2.75, 3.05) is 26.4 Å². The third kappa shape index (κ3) is 22.6. The van der Waals surface area contributed by atoms with Crippen LogP contribution in [0.4, 0.5) is 0 Å². The molecule has 2 aliphatic rings. The quantitative estimate of drug-likeness (QED) is 0.412. The van der Waals surface area contributed by atoms with E-state index in [1.807, 2.05) is 91.0 Å². The SMILES string of the molecule is C1CCOC1.C1CCOC1.[Sc+3].[c-]1ccccc1.[c-]1ccccc1.[c-]1ccccc1. The second-order valence-corrected chi connectivity index (χ2v) is 5.87. The van der Waals surface area contributed by atoms with E-state index in [1.165, 1.54) is 25.7 Å². The zero-order valence-corrected chi connectivity index (χ0v) is 19.0. The van der Waals surface area contributed by atoms with Crippen LogP contribution in [0.5, 0.6) is 0 Å². The van der Waals surface area contributed by atoms with Gasteiger partial charge in [-0.2, -0.15) is 109 Å². The molecule has 0 radical (unpaired) electrons. The van der Waals surface area contributed by atoms with Crippen LogP contribution in [-0.2, 0) is 35.3 Å². The fourth-order valence-electron chi connectivity index (χ4n) is 2.05. The molecule has 0 aromatic heterocycles. The first-order valence-electron chi connectivity index (χ1n) is 9.89. The Morgan fingerprint density at radius 1 is 0.379 bits per heavy atom. The van der Waals surface area contributed by atoms with Crippen molar-refractivity contribution in [3.05, 3.63) is 109 Å². The number of hydrogen-bond acceptors (Lipinski definition) is 2. The molecule has 0 saturated carbocycles. The average Bonchev–Trinajstić information content (AvgIpc) is 3.58. The van der Waals surface area contributed by atoms with Crippen LogP contribution in [-0.4, -0.2) is 26.4 Å². The first kappa shape index (κ1) is 27.5. The summed E-state index contributed by atoms with van der Waals surface area (Å²) in [4.78, 5) is 0. The van der Waals surface area contributed by atoms with E-state index in [4.69, 9.17) is 9.47 Å². The molecule has 3 aromatic rings. The van der Waals surface area contributed by atoms with E-state index in [2.05, 4.69) is 18.2 Å². The Morgan fingerprint density at radius 2 is 0.621 bits per heavy atom. The van der Waals surface area contributed by atoms with Crippen molar-refractivity contribution in [1.82, 2.24) is 0 Å². The number of ether oxygens (including phenoxy) is 2. The van der Waals surface area contributed by atoms with Gasteiger partial charge in [-0.25, -0.2) is 0 Å². The molecule has 2 heterocycles. The van der Waals surface area contributed by atoms with Crippen molar-refractivity contribution >= 4 is 0 Å². The molecule has 3 heteroatoms. The fourth-order valence-corrected chi connectivity index (χ4v) is 2.05. The van der Waals surface area contributed by atoms with Crippen LogP contribution in [0.15, 0.2) is 91.0 Å². The van der Waals surface area contributed by atoms with Crippen molar-refractivity contribution in [1.29, 1.82) is 0 Å². The monoisotopic (exact) mass is 420 g/mol. The van der Waals surface area contributed by atoms with Crippen LogP contribution in [0.3, 0.4) is 0 Å². The summed E-state index contributed by atoms with van der Waals surface area (Å²) < 4.78 is 9.89. The topological polar surface area (TPSA) is 18.5 Å². The Kier molecular flexibility index (Phi) is 23.2. The molecule has 0 amide bonds. The van der Waals surface area contributed by atoms with E-state index >= 15 is 0 Å². The van der Waals surface area contributed by atoms with Gasteiger partial charge in [-0.3, -0.25) is 0 Å². The summed E-state index contributed by atoms with van der Waals surface area (Å²) in [6.07, 6.45) is 5.11. The first-order chi connectivity index (χ1) is 14.0. The Labute approximate surface area is 196 Å². The Balaban J connectivity index is 0.000000336. The van der Waals surface area contributed by atoms with Crippen LogP contribution >= 0.6 is 0 Å². The smallest absolute Gasteiger partial charge is 0.381 e. The summed E-state index contributed by atoms with van der Waals surface area (Å²) in [5.41, 5.74) is 0. The van der Waals surface area contributed by atoms with Crippen molar-refractivity contribution in [2.45, 2.75) is 25.7 Å². The van der Waals surface area contributed by atoms with E-state index in [0.717, 1.165) is 26.4 Å². The molecule has 2 saturated heterocycles. The van der Waals surface area contributed by atoms with Gasteiger partial charge in [0.15, 0.2) is 0 Å². The molecule has 0 atom stereocenters. The van der Waals surface area contributed by atoms with E-state index in [9.17, 15) is 0 Å². The predicted octanol–water partition coefficient (Wildman–Crippen LogP) is 6.05. The van der Waals surface area contributed by atoms with Crippen molar-refractivity contribution < 1.29 is 35.3 Å². The largest absolute Gasteiger partial charge is 3.00 e. The molecule has 150 valence electrons. The van der Waals surface area contributed by atoms with Gasteiger partial charge in [-0.05, 0) is 25.7 Å². The number of benzene rings is 3. The van der Waals surface area contributed by atoms with Gasteiger partial charge in [-0.1, -0.05) is 0 Å². The van der Waals surface area contributed by atoms with Crippen LogP contribution in [0.1, 0.15) is 25.7 Å². The van der Waals surface area contributed by atoms with Crippen molar-refractivity contribution in [3.63, 3.8) is 0 Å². The number of rotatable bonds is 0. The van der Waals surface area contributed by atoms with Gasteiger partial charge >= 0.3 is 25.8 Å². The maximum Gasteiger partial charge on any atom is 3.00 e. The minimum absolute atomic E-state index is 0. The van der Waals surface area contributed by atoms with E-state index < -0.39 is 0 Å². The molecule has 2 aliphatic heterocycles. The third-order valence-electron chi connectivity index (χ3n) is 3.48. The molecule has 0 unspecified atom stereocenters. The Hall–Kier alpha value is -1.55. The van der Waals surface area contributed by atoms with Crippen LogP contribution in [0, 0.1) is 18.2 Å². The number of hydrogen-bond donors (Lipinski definition) is 0. The maximum absolute atomic E-state index is 4.94. The molecule has 3 aromatic carbocycles. The normalized spacial score (nSPS) is 13.2. The van der Waals surface area contributed by atoms with Gasteiger partial charge in [0.1, 0.15) is 0 Å². The molecule has 0 aliphatic carbocycles. The van der Waals surface area contributed by atoms with Gasteiger partial charge < -0.3 is 9.47 Å². The minimum atomic E-state index is 0. The molecule has 29 heavy (non-hydrogen) atoms. The minimum Gasteiger partial charge on any atom is -0.381 e. The Morgan fingerprint density at radius 3 is 0.690 bits per heavy atom. The second-order valence-electron chi connectivity index (χ2n) is 5.87. The predicted molar refractivity (Wildman–Crippen MR) is 116 cm³/mol. The van der Waals surface area contributed by atoms with Crippen molar-refractivity contribution in [3.8, 4) is 0 Å². The molecular formula is C26H31O2Sc. The molecule has 2 fully saturated rings. The van der Waals surface area contributed by atoms with Crippen LogP contribution in [0.25, 0.3) is 0 Å². The first-order valence-corrected chi connectivity index (χ1v) is 9.89. The summed E-state index contributed by atoms with van der Waals surface area (Å²) >= 11 is 0. The Bertz CT molecular complexity index is 417. The van der Waals surface area contributed by atoms with Gasteiger partial charge in [0.05, 0.1) is 0 Å². The van der Waals surface area contributed by atoms with Gasteiger partial charge in [0.2, 0.25) is 0 Å². The summed E-state index contributed by atoms with van der Waals surface area (Å²) in [6, 6.07) is 37.5. The molecular weight excluding hydrogens is 389 g/mol. The third-order valence-corrected chi connectivity index (χ3v) is 3.48. The average molecular weight is 420 g/mol. The summed E-state index contributed by atoms with van der Waals surface area (Å²) in [6.45, 7) is 4.00. The molecule has 2 nitrogen and oxygen atoms in total. The van der Waals surface area contributed by atoms with E-state index in [-0.39, 0.29) is 25.8 Å². The maximum atomic E-state index is 4.94. The van der Waals surface area contributed by atoms with Crippen LogP contribution in [0.2, 0.25) is 0 Å². The molecule has 0 N–H and O–H groups in total. The zero-order valence-electron chi connectivity index (χ0n) is 17.2. The summed E-state index contributed by atoms with van der Waals surface area (Å²) in [7, 11) is 0. The van der Waals surface area contributed by atoms with Crippen LogP contribution < -0.4 is 0 Å². The van der Waals surface area contributed by atoms with E-state index in [0.29, 0.717) is 0 Å². The standard InChI is InChI=1S/3C6H5.2C4H8O.Sc/c3*1-2-4-6-5-3-1;2*1-2-4-5-3-1;/h3*1-5H;2*1-4H2;/q3*-1;;;+3. The summed E-state index contributed by atoms with van der Waals surface area (Å²) in [5, 5.41) is 0. The fraction of sp³-hybridized carbons (Fsp3) is 0.308. The zero-order chi connectivity index (χ0) is 19.8. The van der Waals surface area contributed by atoms with Crippen molar-refractivity contribution in [2.24, 2.45) is 0 Å². The molecule has 0 bridgehead atoms. The molecule has 0 spiro atoms. The van der Waals surface area contributed by atoms with Gasteiger partial charge in [0, 0.05) is 26.4 Å². The van der Waals surface area contributed by atoms with Gasteiger partial charge in [-0.15, -0.1) is 0 Å². The van der Waals surface area contributed by atoms with Gasteiger partial charge in [0.25, 0.3) is 0 Å². The second kappa shape index (κ2) is 24.5. The van der Waals surface area contributed by atoms with E-state index in [1.54, 1.807) is 0 Å². The summed E-state index contributed by atoms with van der Waals surface area (Å²) in [5.74, 6) is 0.